The maximum absolute atomic E-state index is 15.1. The molecule has 2 N–H and O–H groups in total. The van der Waals surface area contributed by atoms with Crippen molar-refractivity contribution in [2.45, 2.75) is 78.8 Å². The lowest BCUT2D eigenvalue weighted by molar-refractivity contribution is -0.349. The maximum atomic E-state index is 15.1. The van der Waals surface area contributed by atoms with Gasteiger partial charge in [0.15, 0.2) is 0 Å². The molecule has 14 atom stereocenters. The Morgan fingerprint density at radius 3 is 1.34 bits per heavy atom. The van der Waals surface area contributed by atoms with Gasteiger partial charge in [-0.3, -0.25) is 19.2 Å². The van der Waals surface area contributed by atoms with Crippen LogP contribution in [0.15, 0.2) is 0 Å². The van der Waals surface area contributed by atoms with Crippen LogP contribution in [0.1, 0.15) is 54.4 Å². The molecule has 2 saturated heterocycles. The number of esters is 2. The van der Waals surface area contributed by atoms with Crippen molar-refractivity contribution in [1.29, 1.82) is 0 Å². The Morgan fingerprint density at radius 2 is 1.00 bits per heavy atom. The molecule has 0 radical (unpaired) electrons. The van der Waals surface area contributed by atoms with Gasteiger partial charge in [-0.2, -0.15) is 0 Å². The second-order valence-electron chi connectivity index (χ2n) is 15.6. The number of aliphatic hydroxyl groups is 2. The lowest BCUT2D eigenvalue weighted by Gasteiger charge is -2.82. The molecule has 14 unspecified atom stereocenters. The number of ketones is 2. The first-order chi connectivity index (χ1) is 17.7. The molecule has 6 aliphatic carbocycles. The Hall–Kier alpha value is -1.80. The molecule has 0 amide bonds. The van der Waals surface area contributed by atoms with E-state index in [1.807, 2.05) is 0 Å². The lowest BCUT2D eigenvalue weighted by atomic mass is 9.18. The molecule has 8 nitrogen and oxygen atoms in total. The fourth-order valence-corrected chi connectivity index (χ4v) is 15.2. The fourth-order valence-electron chi connectivity index (χ4n) is 15.2. The number of Topliss-reactive ketones (excluding diaryl/α,β-unsaturated/α-hetero) is 2. The number of rotatable bonds is 0. The van der Waals surface area contributed by atoms with E-state index in [0.717, 1.165) is 0 Å². The minimum Gasteiger partial charge on any atom is -0.461 e. The largest absolute Gasteiger partial charge is 0.461 e. The highest BCUT2D eigenvalue weighted by Crippen LogP contribution is 3.04. The Bertz CT molecular complexity index is 1230. The van der Waals surface area contributed by atoms with Gasteiger partial charge in [-0.1, -0.05) is 41.5 Å². The molecule has 8 aliphatic rings. The van der Waals surface area contributed by atoms with Gasteiger partial charge in [0.05, 0.1) is 34.9 Å². The predicted octanol–water partition coefficient (Wildman–Crippen LogP) is 1.54. The van der Waals surface area contributed by atoms with E-state index in [9.17, 15) is 19.8 Å². The van der Waals surface area contributed by atoms with Crippen molar-refractivity contribution >= 4 is 23.5 Å². The summed E-state index contributed by atoms with van der Waals surface area (Å²) in [5.41, 5.74) is -5.18. The lowest BCUT2D eigenvalue weighted by Crippen LogP contribution is -2.86. The van der Waals surface area contributed by atoms with E-state index in [0.29, 0.717) is 0 Å². The standard InChI is InChI=1S/C30H36O8/c1-9-13-11(31)7-25(3)26(4)8-12(32)14-10(2)24(36)38-16(14)18-28(6)19-21(33)29(25)17(15(13)37-23(9)35)27(19,5)20(28)22(34)30(18,26)29/h9-20,31-32H,7-8H2,1-6H3. The van der Waals surface area contributed by atoms with Gasteiger partial charge in [0.2, 0.25) is 0 Å². The van der Waals surface area contributed by atoms with Crippen LogP contribution in [-0.4, -0.2) is 58.1 Å². The molecule has 6 saturated carbocycles. The SMILES string of the molecule is CC1C(=O)OC2C1C(O)CC1(C)C3(C)CC(O)C4C(C)C(=O)OC4C4C5(C)C6C(=O)C17C2C6(C)C5C(=O)C437. The molecule has 204 valence electrons. The molecule has 0 aromatic rings. The summed E-state index contributed by atoms with van der Waals surface area (Å²) in [7, 11) is 0. The molecule has 2 aliphatic heterocycles. The third-order valence-corrected chi connectivity index (χ3v) is 15.6. The third kappa shape index (κ3) is 1.47. The molecule has 0 aromatic heterocycles. The van der Waals surface area contributed by atoms with Crippen LogP contribution in [0.5, 0.6) is 0 Å². The van der Waals surface area contributed by atoms with Gasteiger partial charge in [-0.05, 0) is 34.5 Å². The summed E-state index contributed by atoms with van der Waals surface area (Å²) in [5.74, 6) is -3.96. The van der Waals surface area contributed by atoms with E-state index < -0.39 is 92.4 Å². The topological polar surface area (TPSA) is 127 Å². The van der Waals surface area contributed by atoms with E-state index in [2.05, 4.69) is 27.7 Å². The van der Waals surface area contributed by atoms with Crippen LogP contribution >= 0.6 is 0 Å². The third-order valence-electron chi connectivity index (χ3n) is 15.6. The van der Waals surface area contributed by atoms with E-state index in [1.54, 1.807) is 13.8 Å². The number of ether oxygens (including phenoxy) is 2. The zero-order valence-corrected chi connectivity index (χ0v) is 22.7. The summed E-state index contributed by atoms with van der Waals surface area (Å²) in [6, 6.07) is 0. The van der Waals surface area contributed by atoms with Crippen molar-refractivity contribution in [1.82, 2.24) is 0 Å². The van der Waals surface area contributed by atoms with Crippen LogP contribution < -0.4 is 0 Å². The highest BCUT2D eigenvalue weighted by molar-refractivity contribution is 6.14. The van der Waals surface area contributed by atoms with E-state index in [4.69, 9.17) is 9.47 Å². The quantitative estimate of drug-likeness (QED) is 0.457. The van der Waals surface area contributed by atoms with Crippen molar-refractivity contribution in [3.05, 3.63) is 0 Å². The Labute approximate surface area is 221 Å². The predicted molar refractivity (Wildman–Crippen MR) is 128 cm³/mol. The minimum absolute atomic E-state index is 0.0968. The van der Waals surface area contributed by atoms with Crippen molar-refractivity contribution in [2.75, 3.05) is 0 Å². The fraction of sp³-hybridized carbons (Fsp3) is 0.867. The van der Waals surface area contributed by atoms with Crippen LogP contribution in [0.4, 0.5) is 0 Å². The van der Waals surface area contributed by atoms with Gasteiger partial charge in [-0.25, -0.2) is 0 Å². The van der Waals surface area contributed by atoms with Crippen molar-refractivity contribution in [3.63, 3.8) is 0 Å². The van der Waals surface area contributed by atoms with Crippen LogP contribution in [0, 0.1) is 79.8 Å². The maximum Gasteiger partial charge on any atom is 0.309 e. The molecule has 38 heavy (non-hydrogen) atoms. The van der Waals surface area contributed by atoms with E-state index >= 15 is 9.59 Å². The van der Waals surface area contributed by atoms with Crippen LogP contribution in [0.25, 0.3) is 0 Å². The van der Waals surface area contributed by atoms with Gasteiger partial charge in [0, 0.05) is 35.5 Å². The van der Waals surface area contributed by atoms with Crippen molar-refractivity contribution in [3.8, 4) is 0 Å². The summed E-state index contributed by atoms with van der Waals surface area (Å²) in [5, 5.41) is 23.5. The Kier molecular flexibility index (Phi) is 3.35. The number of carbonyl (C=O) groups is 4. The molecule has 0 aromatic carbocycles. The number of hydrogen-bond donors (Lipinski definition) is 2. The highest BCUT2D eigenvalue weighted by atomic mass is 16.6. The number of fused-ring (bicyclic) bond motifs is 11. The van der Waals surface area contributed by atoms with Crippen molar-refractivity contribution in [2.24, 2.45) is 79.8 Å². The van der Waals surface area contributed by atoms with E-state index in [1.165, 1.54) is 0 Å². The summed E-state index contributed by atoms with van der Waals surface area (Å²) < 4.78 is 12.3. The van der Waals surface area contributed by atoms with Gasteiger partial charge < -0.3 is 19.7 Å². The van der Waals surface area contributed by atoms with Crippen LogP contribution in [-0.2, 0) is 28.7 Å². The zero-order valence-electron chi connectivity index (χ0n) is 22.7. The second-order valence-corrected chi connectivity index (χ2v) is 15.6. The zero-order chi connectivity index (χ0) is 27.1. The summed E-state index contributed by atoms with van der Waals surface area (Å²) in [6.45, 7) is 11.9. The molecular weight excluding hydrogens is 488 g/mol. The highest BCUT2D eigenvalue weighted by Gasteiger charge is 3.10. The van der Waals surface area contributed by atoms with Gasteiger partial charge in [0.25, 0.3) is 0 Å². The molecule has 8 fully saturated rings. The second kappa shape index (κ2) is 5.54. The first-order valence-corrected chi connectivity index (χ1v) is 14.5. The van der Waals surface area contributed by atoms with Gasteiger partial charge in [-0.15, -0.1) is 0 Å². The number of hydrogen-bond acceptors (Lipinski definition) is 8. The monoisotopic (exact) mass is 524 g/mol. The molecule has 8 heteroatoms. The van der Waals surface area contributed by atoms with Crippen molar-refractivity contribution < 1.29 is 38.9 Å². The first kappa shape index (κ1) is 23.0. The van der Waals surface area contributed by atoms with Crippen LogP contribution in [0.3, 0.4) is 0 Å². The molecular formula is C30H36O8. The molecule has 2 heterocycles. The number of carbonyl (C=O) groups excluding carboxylic acids is 4. The Balaban J connectivity index is 1.41. The van der Waals surface area contributed by atoms with Gasteiger partial charge in [0.1, 0.15) is 23.8 Å². The molecule has 2 spiro atoms. The number of aliphatic hydroxyl groups excluding tert-OH is 2. The average molecular weight is 525 g/mol. The smallest absolute Gasteiger partial charge is 0.309 e. The average Bonchev–Trinajstić information content (AvgIpc) is 3.30. The Morgan fingerprint density at radius 1 is 0.658 bits per heavy atom. The summed E-state index contributed by atoms with van der Waals surface area (Å²) in [4.78, 5) is 56.1. The van der Waals surface area contributed by atoms with Crippen LogP contribution in [0.2, 0.25) is 0 Å². The molecule has 8 rings (SSSR count). The first-order valence-electron chi connectivity index (χ1n) is 14.5. The summed E-state index contributed by atoms with van der Waals surface area (Å²) >= 11 is 0. The minimum atomic E-state index is -1.12. The normalized spacial score (nSPS) is 71.2. The summed E-state index contributed by atoms with van der Waals surface area (Å²) in [6.07, 6.45) is -2.46. The van der Waals surface area contributed by atoms with Gasteiger partial charge >= 0.3 is 11.9 Å². The van der Waals surface area contributed by atoms with E-state index in [-0.39, 0.29) is 48.2 Å². The molecule has 0 bridgehead atoms.